The minimum absolute atomic E-state index is 0.0250. The number of nitrogens with one attached hydrogen (secondary N) is 2. The van der Waals surface area contributed by atoms with Crippen LogP contribution in [0.5, 0.6) is 0 Å². The molecule has 1 saturated heterocycles. The van der Waals surface area contributed by atoms with E-state index in [2.05, 4.69) is 57.6 Å². The highest BCUT2D eigenvalue weighted by molar-refractivity contribution is 6.34. The molecular formula is C32H39ClN8O2. The quantitative estimate of drug-likeness (QED) is 0.394. The number of carbonyl (C=O) groups excluding carboxylic acids is 2. The van der Waals surface area contributed by atoms with Gasteiger partial charge in [-0.1, -0.05) is 23.7 Å². The molecule has 0 spiro atoms. The first kappa shape index (κ1) is 29.2. The minimum atomic E-state index is -0.152. The predicted molar refractivity (Wildman–Crippen MR) is 172 cm³/mol. The van der Waals surface area contributed by atoms with Crippen LogP contribution in [0.2, 0.25) is 5.02 Å². The maximum Gasteiger partial charge on any atom is 0.330 e. The zero-order valence-electron chi connectivity index (χ0n) is 25.0. The second-order valence-corrected chi connectivity index (χ2v) is 12.3. The molecule has 10 nitrogen and oxygen atoms in total. The van der Waals surface area contributed by atoms with Gasteiger partial charge in [0.25, 0.3) is 0 Å². The standard InChI is InChI=1S/C32H39ClN8O2/c1-21-18-25(10-13-28(21)39-16-14-38(3)15-17-39)36-31-34-19-23-20-40(29-7-5-4-6-27(29)33)32(43)41(30(23)37-31)26-11-8-24(9-12-26)35-22(2)42/h4-7,10,13,18-19,24,26H,8-9,11-12,14-17,20H2,1-3H3,(H,35,42)(H,34,36,37). The minimum Gasteiger partial charge on any atom is -0.369 e. The lowest BCUT2D eigenvalue weighted by Gasteiger charge is -2.42. The van der Waals surface area contributed by atoms with Crippen LogP contribution in [0.1, 0.15) is 43.7 Å². The van der Waals surface area contributed by atoms with E-state index < -0.39 is 0 Å². The van der Waals surface area contributed by atoms with E-state index in [-0.39, 0.29) is 24.0 Å². The second-order valence-electron chi connectivity index (χ2n) is 11.9. The monoisotopic (exact) mass is 602 g/mol. The Kier molecular flexibility index (Phi) is 8.41. The molecule has 3 amide bonds. The summed E-state index contributed by atoms with van der Waals surface area (Å²) in [7, 11) is 2.16. The molecule has 0 bridgehead atoms. The molecule has 1 saturated carbocycles. The lowest BCUT2D eigenvalue weighted by atomic mass is 9.89. The molecule has 1 aromatic heterocycles. The third kappa shape index (κ3) is 6.26. The van der Waals surface area contributed by atoms with E-state index in [0.29, 0.717) is 29.0 Å². The van der Waals surface area contributed by atoms with Crippen LogP contribution in [-0.2, 0) is 11.3 Å². The molecule has 0 unspecified atom stereocenters. The first-order chi connectivity index (χ1) is 20.8. The summed E-state index contributed by atoms with van der Waals surface area (Å²) < 4.78 is 0. The molecule has 11 heteroatoms. The molecular weight excluding hydrogens is 564 g/mol. The summed E-state index contributed by atoms with van der Waals surface area (Å²) in [6.07, 6.45) is 4.91. The fourth-order valence-electron chi connectivity index (χ4n) is 6.45. The Labute approximate surface area is 258 Å². The van der Waals surface area contributed by atoms with E-state index in [9.17, 15) is 9.59 Å². The molecule has 1 aliphatic carbocycles. The van der Waals surface area contributed by atoms with Gasteiger partial charge in [-0.25, -0.2) is 9.78 Å². The Hall–Kier alpha value is -3.89. The fourth-order valence-corrected chi connectivity index (χ4v) is 6.69. The van der Waals surface area contributed by atoms with E-state index >= 15 is 0 Å². The van der Waals surface area contributed by atoms with E-state index in [4.69, 9.17) is 16.6 Å². The number of hydrogen-bond donors (Lipinski definition) is 2. The highest BCUT2D eigenvalue weighted by Gasteiger charge is 2.39. The number of para-hydroxylation sites is 1. The maximum atomic E-state index is 14.2. The molecule has 2 aliphatic heterocycles. The van der Waals surface area contributed by atoms with Crippen molar-refractivity contribution in [3.05, 3.63) is 64.8 Å². The number of aryl methyl sites for hydroxylation is 1. The number of likely N-dealkylation sites (N-methyl/N-ethyl adjacent to an activating group) is 1. The molecule has 3 aromatic rings. The molecule has 226 valence electrons. The largest absolute Gasteiger partial charge is 0.369 e. The lowest BCUT2D eigenvalue weighted by Crippen LogP contribution is -2.54. The Bertz CT molecular complexity index is 1500. The van der Waals surface area contributed by atoms with Crippen LogP contribution in [0.25, 0.3) is 0 Å². The number of halogens is 1. The summed E-state index contributed by atoms with van der Waals surface area (Å²) in [6.45, 7) is 8.15. The number of urea groups is 1. The van der Waals surface area contributed by atoms with Crippen molar-refractivity contribution in [3.63, 3.8) is 0 Å². The van der Waals surface area contributed by atoms with E-state index in [0.717, 1.165) is 63.1 Å². The highest BCUT2D eigenvalue weighted by atomic mass is 35.5. The topological polar surface area (TPSA) is 96.9 Å². The number of aromatic nitrogens is 2. The second kappa shape index (κ2) is 12.4. The van der Waals surface area contributed by atoms with Gasteiger partial charge in [0.05, 0.1) is 17.3 Å². The predicted octanol–water partition coefficient (Wildman–Crippen LogP) is 5.33. The third-order valence-corrected chi connectivity index (χ3v) is 9.06. The summed E-state index contributed by atoms with van der Waals surface area (Å²) in [5.41, 5.74) is 4.86. The molecule has 0 atom stereocenters. The molecule has 2 fully saturated rings. The van der Waals surface area contributed by atoms with Crippen LogP contribution in [0.15, 0.2) is 48.7 Å². The summed E-state index contributed by atoms with van der Waals surface area (Å²) in [5.74, 6) is 1.05. The summed E-state index contributed by atoms with van der Waals surface area (Å²) >= 11 is 6.55. The average molecular weight is 603 g/mol. The molecule has 2 N–H and O–H groups in total. The van der Waals surface area contributed by atoms with E-state index in [1.54, 1.807) is 17.9 Å². The van der Waals surface area contributed by atoms with Gasteiger partial charge in [-0.3, -0.25) is 14.6 Å². The van der Waals surface area contributed by atoms with Gasteiger partial charge in [0.1, 0.15) is 5.82 Å². The fraction of sp³-hybridized carbons (Fsp3) is 0.438. The average Bonchev–Trinajstić information content (AvgIpc) is 2.98. The number of nitrogens with zero attached hydrogens (tertiary/aromatic N) is 6. The van der Waals surface area contributed by atoms with Crippen LogP contribution in [0, 0.1) is 6.92 Å². The summed E-state index contributed by atoms with van der Waals surface area (Å²) in [6, 6.07) is 13.7. The van der Waals surface area contributed by atoms with Crippen molar-refractivity contribution in [2.45, 2.75) is 58.2 Å². The molecule has 6 rings (SSSR count). The normalized spacial score (nSPS) is 21.0. The van der Waals surface area contributed by atoms with Crippen molar-refractivity contribution < 1.29 is 9.59 Å². The molecule has 3 aliphatic rings. The van der Waals surface area contributed by atoms with Crippen molar-refractivity contribution in [2.24, 2.45) is 0 Å². The number of benzene rings is 2. The maximum absolute atomic E-state index is 14.2. The number of rotatable bonds is 6. The van der Waals surface area contributed by atoms with Crippen molar-refractivity contribution >= 4 is 52.4 Å². The van der Waals surface area contributed by atoms with Crippen LogP contribution in [0.4, 0.5) is 33.6 Å². The van der Waals surface area contributed by atoms with Crippen molar-refractivity contribution in [2.75, 3.05) is 53.2 Å². The van der Waals surface area contributed by atoms with Crippen LogP contribution < -0.4 is 25.3 Å². The van der Waals surface area contributed by atoms with Gasteiger partial charge < -0.3 is 20.4 Å². The van der Waals surface area contributed by atoms with Gasteiger partial charge in [-0.15, -0.1) is 0 Å². The smallest absolute Gasteiger partial charge is 0.330 e. The van der Waals surface area contributed by atoms with Crippen molar-refractivity contribution in [3.8, 4) is 0 Å². The van der Waals surface area contributed by atoms with E-state index in [1.165, 1.54) is 11.3 Å². The first-order valence-electron chi connectivity index (χ1n) is 15.1. The molecule has 3 heterocycles. The Morgan fingerprint density at radius 1 is 1.00 bits per heavy atom. The molecule has 2 aromatic carbocycles. The SMILES string of the molecule is CC(=O)NC1CCC(N2C(=O)N(c3ccccc3Cl)Cc3cnc(Nc4ccc(N5CCN(C)CC5)c(C)c4)nc32)CC1. The Balaban J connectivity index is 1.27. The zero-order valence-corrected chi connectivity index (χ0v) is 25.8. The lowest BCUT2D eigenvalue weighted by molar-refractivity contribution is -0.119. The summed E-state index contributed by atoms with van der Waals surface area (Å²) in [4.78, 5) is 43.7. The Morgan fingerprint density at radius 2 is 1.74 bits per heavy atom. The first-order valence-corrected chi connectivity index (χ1v) is 15.4. The number of amides is 3. The van der Waals surface area contributed by atoms with Crippen LogP contribution in [0.3, 0.4) is 0 Å². The number of piperazine rings is 1. The Morgan fingerprint density at radius 3 is 2.44 bits per heavy atom. The van der Waals surface area contributed by atoms with Crippen LogP contribution >= 0.6 is 11.6 Å². The molecule has 0 radical (unpaired) electrons. The van der Waals surface area contributed by atoms with E-state index in [1.807, 2.05) is 29.3 Å². The van der Waals surface area contributed by atoms with Gasteiger partial charge in [0.15, 0.2) is 0 Å². The van der Waals surface area contributed by atoms with Gasteiger partial charge in [0.2, 0.25) is 11.9 Å². The highest BCUT2D eigenvalue weighted by Crippen LogP contribution is 2.38. The van der Waals surface area contributed by atoms with Crippen molar-refractivity contribution in [1.29, 1.82) is 0 Å². The van der Waals surface area contributed by atoms with Gasteiger partial charge >= 0.3 is 6.03 Å². The van der Waals surface area contributed by atoms with Crippen LogP contribution in [-0.4, -0.2) is 72.1 Å². The van der Waals surface area contributed by atoms with Gasteiger partial charge in [-0.2, -0.15) is 4.98 Å². The number of anilines is 5. The summed E-state index contributed by atoms with van der Waals surface area (Å²) in [5, 5.41) is 6.93. The molecule has 43 heavy (non-hydrogen) atoms. The number of hydrogen-bond acceptors (Lipinski definition) is 7. The van der Waals surface area contributed by atoms with Gasteiger partial charge in [0, 0.05) is 68.3 Å². The number of fused-ring (bicyclic) bond motifs is 1. The third-order valence-electron chi connectivity index (χ3n) is 8.74. The number of carbonyl (C=O) groups is 2. The van der Waals surface area contributed by atoms with Gasteiger partial charge in [-0.05, 0) is 75.5 Å². The van der Waals surface area contributed by atoms with Crippen molar-refractivity contribution in [1.82, 2.24) is 20.2 Å². The zero-order chi connectivity index (χ0) is 30.1.